The lowest BCUT2D eigenvalue weighted by Gasteiger charge is -2.13. The standard InChI is InChI=1S/C28H23FN2O5S/c1-31-17-25(23-13-12-22(16-26(23)31)36-37(29,32)33)24-14-15-27(34-18-20-8-4-2-5-9-20)30-28(24)35-19-21-10-6-3-7-11-21/h2-17H,18-19H2,1H3. The molecule has 0 aliphatic rings. The number of fused-ring (bicyclic) bond motifs is 1. The van der Waals surface area contributed by atoms with E-state index in [1.54, 1.807) is 23.7 Å². The first kappa shape index (κ1) is 24.3. The van der Waals surface area contributed by atoms with E-state index in [9.17, 15) is 12.3 Å². The molecule has 0 radical (unpaired) electrons. The van der Waals surface area contributed by atoms with Crippen LogP contribution >= 0.6 is 0 Å². The Morgan fingerprint density at radius 1 is 0.811 bits per heavy atom. The van der Waals surface area contributed by atoms with Gasteiger partial charge < -0.3 is 18.2 Å². The number of aryl methyl sites for hydroxylation is 1. The summed E-state index contributed by atoms with van der Waals surface area (Å²) in [6.07, 6.45) is 1.87. The van der Waals surface area contributed by atoms with E-state index in [1.165, 1.54) is 12.1 Å². The van der Waals surface area contributed by atoms with Crippen molar-refractivity contribution in [3.05, 3.63) is 108 Å². The summed E-state index contributed by atoms with van der Waals surface area (Å²) in [5, 5.41) is 0.787. The molecule has 0 bridgehead atoms. The highest BCUT2D eigenvalue weighted by Crippen LogP contribution is 2.38. The van der Waals surface area contributed by atoms with Crippen LogP contribution in [0.4, 0.5) is 3.89 Å². The first-order valence-electron chi connectivity index (χ1n) is 11.4. The van der Waals surface area contributed by atoms with Crippen LogP contribution in [0.2, 0.25) is 0 Å². The van der Waals surface area contributed by atoms with Gasteiger partial charge in [-0.1, -0.05) is 64.5 Å². The normalized spacial score (nSPS) is 11.4. The van der Waals surface area contributed by atoms with E-state index in [1.807, 2.05) is 72.9 Å². The second-order valence-electron chi connectivity index (χ2n) is 8.36. The van der Waals surface area contributed by atoms with Crippen molar-refractivity contribution in [2.75, 3.05) is 0 Å². The molecule has 0 atom stereocenters. The number of ether oxygens (including phenoxy) is 2. The van der Waals surface area contributed by atoms with Crippen LogP contribution in [0.5, 0.6) is 17.5 Å². The summed E-state index contributed by atoms with van der Waals surface area (Å²) in [5.41, 5.74) is 4.17. The van der Waals surface area contributed by atoms with Crippen LogP contribution in [-0.4, -0.2) is 18.0 Å². The zero-order valence-electron chi connectivity index (χ0n) is 19.9. The third-order valence-corrected chi connectivity index (χ3v) is 6.12. The molecule has 0 spiro atoms. The van der Waals surface area contributed by atoms with Gasteiger partial charge in [-0.2, -0.15) is 13.4 Å². The molecule has 0 saturated heterocycles. The van der Waals surface area contributed by atoms with Crippen molar-refractivity contribution < 1.29 is 26.0 Å². The quantitative estimate of drug-likeness (QED) is 0.223. The van der Waals surface area contributed by atoms with E-state index in [0.29, 0.717) is 30.5 Å². The largest absolute Gasteiger partial charge is 0.488 e. The van der Waals surface area contributed by atoms with Gasteiger partial charge in [0, 0.05) is 41.9 Å². The number of aromatic nitrogens is 2. The van der Waals surface area contributed by atoms with Crippen molar-refractivity contribution >= 4 is 21.4 Å². The summed E-state index contributed by atoms with van der Waals surface area (Å²) in [4.78, 5) is 4.65. The van der Waals surface area contributed by atoms with Crippen LogP contribution in [0, 0.1) is 0 Å². The fourth-order valence-electron chi connectivity index (χ4n) is 4.02. The predicted octanol–water partition coefficient (Wildman–Crippen LogP) is 5.99. The van der Waals surface area contributed by atoms with Gasteiger partial charge in [-0.25, -0.2) is 0 Å². The van der Waals surface area contributed by atoms with Gasteiger partial charge in [-0.15, -0.1) is 0 Å². The number of halogens is 1. The van der Waals surface area contributed by atoms with Gasteiger partial charge in [0.05, 0.1) is 5.52 Å². The van der Waals surface area contributed by atoms with Crippen LogP contribution in [0.15, 0.2) is 97.2 Å². The lowest BCUT2D eigenvalue weighted by Crippen LogP contribution is -2.02. The molecule has 0 aliphatic heterocycles. The van der Waals surface area contributed by atoms with E-state index in [4.69, 9.17) is 9.47 Å². The molecular formula is C28H23FN2O5S. The van der Waals surface area contributed by atoms with Crippen molar-refractivity contribution in [2.24, 2.45) is 7.05 Å². The van der Waals surface area contributed by atoms with E-state index in [0.717, 1.165) is 27.6 Å². The maximum atomic E-state index is 13.0. The van der Waals surface area contributed by atoms with Crippen LogP contribution < -0.4 is 13.7 Å². The van der Waals surface area contributed by atoms with E-state index in [-0.39, 0.29) is 5.75 Å². The minimum absolute atomic E-state index is 0.119. The molecule has 3 aromatic carbocycles. The molecule has 5 aromatic rings. The average molecular weight is 519 g/mol. The molecule has 188 valence electrons. The maximum absolute atomic E-state index is 13.0. The number of rotatable bonds is 9. The third kappa shape index (κ3) is 5.90. The van der Waals surface area contributed by atoms with Crippen molar-refractivity contribution in [2.45, 2.75) is 13.2 Å². The molecule has 0 N–H and O–H groups in total. The Morgan fingerprint density at radius 2 is 1.46 bits per heavy atom. The van der Waals surface area contributed by atoms with Gasteiger partial charge in [0.25, 0.3) is 0 Å². The van der Waals surface area contributed by atoms with Gasteiger partial charge >= 0.3 is 10.5 Å². The summed E-state index contributed by atoms with van der Waals surface area (Å²) in [7, 11) is -3.33. The molecule has 0 amide bonds. The number of nitrogens with zero attached hydrogens (tertiary/aromatic N) is 2. The van der Waals surface area contributed by atoms with Crippen LogP contribution in [0.3, 0.4) is 0 Å². The van der Waals surface area contributed by atoms with E-state index < -0.39 is 10.5 Å². The highest BCUT2D eigenvalue weighted by atomic mass is 32.3. The Bertz CT molecular complexity index is 1640. The first-order valence-corrected chi connectivity index (χ1v) is 12.7. The number of benzene rings is 3. The molecule has 7 nitrogen and oxygen atoms in total. The van der Waals surface area contributed by atoms with Gasteiger partial charge in [-0.3, -0.25) is 0 Å². The molecule has 2 heterocycles. The zero-order valence-corrected chi connectivity index (χ0v) is 20.7. The monoisotopic (exact) mass is 518 g/mol. The number of pyridine rings is 1. The third-order valence-electron chi connectivity index (χ3n) is 5.73. The van der Waals surface area contributed by atoms with Crippen molar-refractivity contribution in [1.29, 1.82) is 0 Å². The molecule has 0 unspecified atom stereocenters. The Balaban J connectivity index is 1.51. The Hall–Kier alpha value is -4.37. The molecule has 0 aliphatic carbocycles. The lowest BCUT2D eigenvalue weighted by molar-refractivity contribution is 0.268. The second kappa shape index (κ2) is 10.3. The summed E-state index contributed by atoms with van der Waals surface area (Å²) in [6, 6.07) is 27.7. The molecule has 0 fully saturated rings. The molecular weight excluding hydrogens is 495 g/mol. The van der Waals surface area contributed by atoms with Gasteiger partial charge in [0.15, 0.2) is 0 Å². The van der Waals surface area contributed by atoms with Gasteiger partial charge in [-0.05, 0) is 29.3 Å². The average Bonchev–Trinajstić information content (AvgIpc) is 3.22. The molecule has 0 saturated carbocycles. The van der Waals surface area contributed by atoms with Crippen molar-refractivity contribution in [3.63, 3.8) is 0 Å². The highest BCUT2D eigenvalue weighted by molar-refractivity contribution is 7.81. The number of hydrogen-bond donors (Lipinski definition) is 0. The van der Waals surface area contributed by atoms with Gasteiger partial charge in [0.2, 0.25) is 11.8 Å². The number of hydrogen-bond acceptors (Lipinski definition) is 6. The maximum Gasteiger partial charge on any atom is 0.488 e. The first-order chi connectivity index (χ1) is 17.9. The Labute approximate surface area is 214 Å². The van der Waals surface area contributed by atoms with E-state index >= 15 is 0 Å². The Kier molecular flexibility index (Phi) is 6.78. The van der Waals surface area contributed by atoms with Crippen LogP contribution in [-0.2, 0) is 30.8 Å². The van der Waals surface area contributed by atoms with Crippen LogP contribution in [0.25, 0.3) is 22.0 Å². The topological polar surface area (TPSA) is 79.7 Å². The summed E-state index contributed by atoms with van der Waals surface area (Å²) >= 11 is 0. The predicted molar refractivity (Wildman–Crippen MR) is 138 cm³/mol. The van der Waals surface area contributed by atoms with Crippen molar-refractivity contribution in [1.82, 2.24) is 9.55 Å². The summed E-state index contributed by atoms with van der Waals surface area (Å²) in [6.45, 7) is 0.667. The van der Waals surface area contributed by atoms with E-state index in [2.05, 4.69) is 9.17 Å². The minimum atomic E-state index is -5.13. The lowest BCUT2D eigenvalue weighted by atomic mass is 10.1. The molecule has 2 aromatic heterocycles. The highest BCUT2D eigenvalue weighted by Gasteiger charge is 2.18. The summed E-state index contributed by atoms with van der Waals surface area (Å²) < 4.78 is 53.2. The molecule has 5 rings (SSSR count). The fourth-order valence-corrected chi connectivity index (χ4v) is 4.36. The van der Waals surface area contributed by atoms with Gasteiger partial charge in [0.1, 0.15) is 19.0 Å². The molecule has 37 heavy (non-hydrogen) atoms. The zero-order chi connectivity index (χ0) is 25.8. The Morgan fingerprint density at radius 3 is 2.11 bits per heavy atom. The second-order valence-corrected chi connectivity index (χ2v) is 9.31. The molecule has 9 heteroatoms. The fraction of sp³-hybridized carbons (Fsp3) is 0.107. The van der Waals surface area contributed by atoms with Crippen molar-refractivity contribution in [3.8, 4) is 28.6 Å². The summed E-state index contributed by atoms with van der Waals surface area (Å²) in [5.74, 6) is 0.680. The smallest absolute Gasteiger partial charge is 0.473 e. The SMILES string of the molecule is Cn1cc(-c2ccc(OCc3ccccc3)nc2OCc2ccccc2)c2ccc(OS(=O)(=O)F)cc21. The van der Waals surface area contributed by atoms with Crippen LogP contribution in [0.1, 0.15) is 11.1 Å². The minimum Gasteiger partial charge on any atom is -0.473 e.